The van der Waals surface area contributed by atoms with E-state index in [1.165, 1.54) is 34.5 Å². The molecule has 0 aromatic heterocycles. The smallest absolute Gasteiger partial charge is 0.00211 e. The van der Waals surface area contributed by atoms with Crippen LogP contribution in [0.25, 0.3) is 0 Å². The SMILES string of the molecule is SCCSCC1CSCC1CSCCS. The Kier molecular flexibility index (Phi) is 9.62. The lowest BCUT2D eigenvalue weighted by Gasteiger charge is -2.17. The second-order valence-corrected chi connectivity index (χ2v) is 7.92. The van der Waals surface area contributed by atoms with E-state index in [2.05, 4.69) is 60.5 Å². The molecule has 0 aromatic carbocycles. The summed E-state index contributed by atoms with van der Waals surface area (Å²) in [6.07, 6.45) is 0. The van der Waals surface area contributed by atoms with Gasteiger partial charge in [0, 0.05) is 11.5 Å². The average molecular weight is 301 g/mol. The fourth-order valence-electron chi connectivity index (χ4n) is 1.61. The van der Waals surface area contributed by atoms with E-state index in [0.29, 0.717) is 0 Å². The Labute approximate surface area is 118 Å². The molecular weight excluding hydrogens is 280 g/mol. The van der Waals surface area contributed by atoms with Crippen LogP contribution in [-0.4, -0.2) is 46.0 Å². The molecule has 1 saturated heterocycles. The summed E-state index contributed by atoms with van der Waals surface area (Å²) in [6.45, 7) is 0. The van der Waals surface area contributed by atoms with Gasteiger partial charge in [0.25, 0.3) is 0 Å². The molecule has 0 radical (unpaired) electrons. The van der Waals surface area contributed by atoms with Crippen LogP contribution in [0.4, 0.5) is 0 Å². The molecule has 1 rings (SSSR count). The molecule has 0 aromatic rings. The third kappa shape index (κ3) is 6.29. The van der Waals surface area contributed by atoms with Crippen molar-refractivity contribution in [1.29, 1.82) is 0 Å². The molecular formula is C10H20S5. The minimum Gasteiger partial charge on any atom is -0.179 e. The van der Waals surface area contributed by atoms with Crippen LogP contribution >= 0.6 is 60.5 Å². The first-order chi connectivity index (χ1) is 7.38. The summed E-state index contributed by atoms with van der Waals surface area (Å²) in [5.41, 5.74) is 0. The van der Waals surface area contributed by atoms with Crippen LogP contribution in [0.15, 0.2) is 0 Å². The Balaban J connectivity index is 2.11. The summed E-state index contributed by atoms with van der Waals surface area (Å²) in [5.74, 6) is 11.8. The van der Waals surface area contributed by atoms with Gasteiger partial charge in [0.1, 0.15) is 0 Å². The van der Waals surface area contributed by atoms with Crippen LogP contribution in [0.5, 0.6) is 0 Å². The quantitative estimate of drug-likeness (QED) is 0.522. The van der Waals surface area contributed by atoms with Crippen molar-refractivity contribution in [3.8, 4) is 0 Å². The molecule has 2 atom stereocenters. The molecule has 0 bridgehead atoms. The molecule has 15 heavy (non-hydrogen) atoms. The summed E-state index contributed by atoms with van der Waals surface area (Å²) in [6, 6.07) is 0. The van der Waals surface area contributed by atoms with Gasteiger partial charge in [-0.1, -0.05) is 0 Å². The molecule has 1 heterocycles. The Morgan fingerprint density at radius 1 is 0.933 bits per heavy atom. The van der Waals surface area contributed by atoms with Crippen LogP contribution in [-0.2, 0) is 0 Å². The van der Waals surface area contributed by atoms with Crippen molar-refractivity contribution in [2.75, 3.05) is 46.0 Å². The van der Waals surface area contributed by atoms with Gasteiger partial charge in [-0.15, -0.1) is 0 Å². The van der Waals surface area contributed by atoms with Gasteiger partial charge in [-0.05, 0) is 46.4 Å². The largest absolute Gasteiger partial charge is 0.179 e. The lowest BCUT2D eigenvalue weighted by molar-refractivity contribution is 0.510. The van der Waals surface area contributed by atoms with Crippen molar-refractivity contribution < 1.29 is 0 Å². The van der Waals surface area contributed by atoms with Crippen molar-refractivity contribution >= 4 is 60.5 Å². The molecule has 0 spiro atoms. The molecule has 0 saturated carbocycles. The molecule has 2 unspecified atom stereocenters. The molecule has 0 N–H and O–H groups in total. The van der Waals surface area contributed by atoms with E-state index in [9.17, 15) is 0 Å². The Bertz CT molecular complexity index is 137. The van der Waals surface area contributed by atoms with Crippen LogP contribution in [0.3, 0.4) is 0 Å². The van der Waals surface area contributed by atoms with Gasteiger partial charge >= 0.3 is 0 Å². The van der Waals surface area contributed by atoms with Crippen LogP contribution in [0.2, 0.25) is 0 Å². The summed E-state index contributed by atoms with van der Waals surface area (Å²) in [4.78, 5) is 0. The highest BCUT2D eigenvalue weighted by Gasteiger charge is 2.27. The predicted molar refractivity (Wildman–Crippen MR) is 86.7 cm³/mol. The van der Waals surface area contributed by atoms with Gasteiger partial charge < -0.3 is 0 Å². The number of hydrogen-bond donors (Lipinski definition) is 2. The van der Waals surface area contributed by atoms with Crippen molar-refractivity contribution in [2.24, 2.45) is 11.8 Å². The van der Waals surface area contributed by atoms with Crippen LogP contribution < -0.4 is 0 Å². The van der Waals surface area contributed by atoms with E-state index in [0.717, 1.165) is 23.3 Å². The first kappa shape index (κ1) is 14.8. The Morgan fingerprint density at radius 2 is 1.40 bits per heavy atom. The Hall–Kier alpha value is 1.75. The Morgan fingerprint density at radius 3 is 1.80 bits per heavy atom. The van der Waals surface area contributed by atoms with Crippen molar-refractivity contribution in [1.82, 2.24) is 0 Å². The van der Waals surface area contributed by atoms with E-state index >= 15 is 0 Å². The summed E-state index contributed by atoms with van der Waals surface area (Å²) in [7, 11) is 0. The molecule has 0 nitrogen and oxygen atoms in total. The lowest BCUT2D eigenvalue weighted by Crippen LogP contribution is -2.18. The average Bonchev–Trinajstić information content (AvgIpc) is 2.67. The highest BCUT2D eigenvalue weighted by molar-refractivity contribution is 8.01. The monoisotopic (exact) mass is 300 g/mol. The summed E-state index contributed by atoms with van der Waals surface area (Å²) >= 11 is 14.8. The second-order valence-electron chi connectivity index (χ2n) is 3.65. The molecule has 0 amide bonds. The molecule has 1 fully saturated rings. The predicted octanol–water partition coefficient (Wildman–Crippen LogP) is 3.29. The number of rotatable bonds is 8. The third-order valence-electron chi connectivity index (χ3n) is 2.47. The van der Waals surface area contributed by atoms with Gasteiger partial charge in [0.2, 0.25) is 0 Å². The topological polar surface area (TPSA) is 0 Å². The lowest BCUT2D eigenvalue weighted by atomic mass is 10.0. The number of thioether (sulfide) groups is 3. The third-order valence-corrected chi connectivity index (χ3v) is 7.16. The number of hydrogen-bond acceptors (Lipinski definition) is 5. The first-order valence-electron chi connectivity index (χ1n) is 5.33. The minimum absolute atomic E-state index is 0.951. The van der Waals surface area contributed by atoms with Crippen molar-refractivity contribution in [3.63, 3.8) is 0 Å². The fourth-order valence-corrected chi connectivity index (χ4v) is 6.18. The van der Waals surface area contributed by atoms with Crippen molar-refractivity contribution in [3.05, 3.63) is 0 Å². The van der Waals surface area contributed by atoms with Crippen molar-refractivity contribution in [2.45, 2.75) is 0 Å². The minimum atomic E-state index is 0.951. The molecule has 5 heteroatoms. The highest BCUT2D eigenvalue weighted by Crippen LogP contribution is 2.34. The summed E-state index contributed by atoms with van der Waals surface area (Å²) in [5, 5.41) is 0. The van der Waals surface area contributed by atoms with Crippen LogP contribution in [0, 0.1) is 11.8 Å². The van der Waals surface area contributed by atoms with Gasteiger partial charge in [-0.2, -0.15) is 60.5 Å². The van der Waals surface area contributed by atoms with Gasteiger partial charge in [0.05, 0.1) is 0 Å². The zero-order valence-corrected chi connectivity index (χ0v) is 13.2. The fraction of sp³-hybridized carbons (Fsp3) is 1.00. The van der Waals surface area contributed by atoms with E-state index in [1.54, 1.807) is 0 Å². The molecule has 1 aliphatic heterocycles. The van der Waals surface area contributed by atoms with Gasteiger partial charge in [-0.3, -0.25) is 0 Å². The van der Waals surface area contributed by atoms with Gasteiger partial charge in [0.15, 0.2) is 0 Å². The first-order valence-corrected chi connectivity index (χ1v) is 10.1. The molecule has 1 aliphatic rings. The van der Waals surface area contributed by atoms with E-state index < -0.39 is 0 Å². The molecule has 90 valence electrons. The van der Waals surface area contributed by atoms with E-state index in [-0.39, 0.29) is 0 Å². The van der Waals surface area contributed by atoms with Crippen LogP contribution in [0.1, 0.15) is 0 Å². The van der Waals surface area contributed by atoms with E-state index in [4.69, 9.17) is 0 Å². The number of thiol groups is 2. The molecule has 0 aliphatic carbocycles. The van der Waals surface area contributed by atoms with Gasteiger partial charge in [-0.25, -0.2) is 0 Å². The maximum absolute atomic E-state index is 4.25. The standard InChI is InChI=1S/C10H20S5/c11-1-3-13-5-9-7-15-8-10(9)6-14-4-2-12/h9-12H,1-8H2. The second kappa shape index (κ2) is 9.75. The zero-order chi connectivity index (χ0) is 10.9. The van der Waals surface area contributed by atoms with E-state index in [1.807, 2.05) is 0 Å². The maximum Gasteiger partial charge on any atom is 0.00211 e. The highest BCUT2D eigenvalue weighted by atomic mass is 32.2. The summed E-state index contributed by atoms with van der Waals surface area (Å²) < 4.78 is 0. The zero-order valence-electron chi connectivity index (χ0n) is 8.93. The normalized spacial score (nSPS) is 26.0. The maximum atomic E-state index is 4.25.